The van der Waals surface area contributed by atoms with Crippen molar-refractivity contribution >= 4 is 11.8 Å². The largest absolute Gasteiger partial charge is 0.391 e. The minimum atomic E-state index is -0.378. The first-order valence-electron chi connectivity index (χ1n) is 5.71. The van der Waals surface area contributed by atoms with Gasteiger partial charge in [0.05, 0.1) is 6.10 Å². The lowest BCUT2D eigenvalue weighted by atomic mass is 10.1. The average Bonchev–Trinajstić information content (AvgIpc) is 2.53. The van der Waals surface area contributed by atoms with E-state index in [0.717, 1.165) is 11.0 Å². The van der Waals surface area contributed by atoms with Gasteiger partial charge in [-0.2, -0.15) is 0 Å². The minimum absolute atomic E-state index is 0.0347. The Morgan fingerprint density at radius 3 is 2.53 bits per heavy atom. The highest BCUT2D eigenvalue weighted by molar-refractivity contribution is 7.99. The summed E-state index contributed by atoms with van der Waals surface area (Å²) in [6.45, 7) is 8.75. The first kappa shape index (κ1) is 14.5. The maximum Gasteiger partial charge on any atom is 0.191 e. The molecule has 0 aliphatic carbocycles. The van der Waals surface area contributed by atoms with E-state index in [1.54, 1.807) is 0 Å². The van der Waals surface area contributed by atoms with E-state index in [-0.39, 0.29) is 11.6 Å². The number of hydrogen-bond acceptors (Lipinski definition) is 5. The van der Waals surface area contributed by atoms with Crippen LogP contribution in [0.3, 0.4) is 0 Å². The quantitative estimate of drug-likeness (QED) is 0.770. The fourth-order valence-electron chi connectivity index (χ4n) is 1.17. The van der Waals surface area contributed by atoms with Crippen LogP contribution in [0.5, 0.6) is 0 Å². The van der Waals surface area contributed by atoms with Gasteiger partial charge in [0.1, 0.15) is 5.82 Å². The molecular weight excluding hydrogens is 236 g/mol. The van der Waals surface area contributed by atoms with Crippen molar-refractivity contribution in [1.29, 1.82) is 0 Å². The van der Waals surface area contributed by atoms with Gasteiger partial charge in [-0.1, -0.05) is 11.8 Å². The van der Waals surface area contributed by atoms with Crippen LogP contribution in [0.2, 0.25) is 0 Å². The summed E-state index contributed by atoms with van der Waals surface area (Å²) in [5.41, 5.74) is 0.0347. The Bertz CT molecular complexity index is 359. The number of nitrogens with zero attached hydrogens (tertiary/aromatic N) is 3. The Morgan fingerprint density at radius 2 is 2.06 bits per heavy atom. The summed E-state index contributed by atoms with van der Waals surface area (Å²) in [6, 6.07) is 0. The Morgan fingerprint density at radius 1 is 1.41 bits per heavy atom. The number of aliphatic hydroxyl groups excluding tert-OH is 1. The molecule has 5 nitrogen and oxygen atoms in total. The molecule has 0 spiro atoms. The lowest BCUT2D eigenvalue weighted by Crippen LogP contribution is -2.41. The Hall–Kier alpha value is -0.590. The maximum absolute atomic E-state index is 9.83. The van der Waals surface area contributed by atoms with Gasteiger partial charge < -0.3 is 15.0 Å². The molecule has 0 aromatic carbocycles. The molecule has 0 saturated carbocycles. The zero-order valence-electron chi connectivity index (χ0n) is 11.2. The van der Waals surface area contributed by atoms with Crippen molar-refractivity contribution < 1.29 is 5.11 Å². The fraction of sp³-hybridized carbons (Fsp3) is 0.818. The number of aryl methyl sites for hydroxylation is 1. The second-order valence-electron chi connectivity index (χ2n) is 5.18. The highest BCUT2D eigenvalue weighted by Crippen LogP contribution is 2.16. The van der Waals surface area contributed by atoms with Crippen LogP contribution in [-0.4, -0.2) is 43.8 Å². The number of nitrogens with one attached hydrogen (secondary N) is 1. The van der Waals surface area contributed by atoms with Gasteiger partial charge in [-0.05, 0) is 27.7 Å². The van der Waals surface area contributed by atoms with Gasteiger partial charge in [0.2, 0.25) is 0 Å². The molecule has 0 radical (unpaired) electrons. The van der Waals surface area contributed by atoms with Gasteiger partial charge in [-0.15, -0.1) is 10.2 Å². The van der Waals surface area contributed by atoms with Crippen molar-refractivity contribution in [3.8, 4) is 0 Å². The van der Waals surface area contributed by atoms with Crippen LogP contribution in [0.25, 0.3) is 0 Å². The molecule has 6 heteroatoms. The van der Waals surface area contributed by atoms with E-state index < -0.39 is 0 Å². The summed E-state index contributed by atoms with van der Waals surface area (Å²) in [4.78, 5) is 0. The van der Waals surface area contributed by atoms with E-state index in [1.165, 1.54) is 11.8 Å². The van der Waals surface area contributed by atoms with Crippen molar-refractivity contribution in [2.24, 2.45) is 7.05 Å². The van der Waals surface area contributed by atoms with Crippen LogP contribution in [0.15, 0.2) is 5.16 Å². The molecule has 0 bridgehead atoms. The molecule has 17 heavy (non-hydrogen) atoms. The summed E-state index contributed by atoms with van der Waals surface area (Å²) < 4.78 is 1.93. The maximum atomic E-state index is 9.83. The Kier molecular flexibility index (Phi) is 4.97. The smallest absolute Gasteiger partial charge is 0.191 e. The van der Waals surface area contributed by atoms with E-state index in [9.17, 15) is 5.11 Å². The molecular formula is C11H22N4OS. The van der Waals surface area contributed by atoms with Crippen LogP contribution in [0.1, 0.15) is 26.6 Å². The van der Waals surface area contributed by atoms with Gasteiger partial charge >= 0.3 is 0 Å². The summed E-state index contributed by atoms with van der Waals surface area (Å²) >= 11 is 1.53. The summed E-state index contributed by atoms with van der Waals surface area (Å²) in [7, 11) is 1.93. The molecule has 1 unspecified atom stereocenters. The first-order chi connectivity index (χ1) is 7.79. The van der Waals surface area contributed by atoms with Crippen molar-refractivity contribution in [3.05, 3.63) is 5.82 Å². The fourth-order valence-corrected chi connectivity index (χ4v) is 2.05. The molecule has 0 saturated heterocycles. The van der Waals surface area contributed by atoms with Crippen LogP contribution in [-0.2, 0) is 7.05 Å². The minimum Gasteiger partial charge on any atom is -0.391 e. The molecule has 1 aromatic heterocycles. The molecule has 2 N–H and O–H groups in total. The third kappa shape index (κ3) is 5.06. The van der Waals surface area contributed by atoms with Gasteiger partial charge in [0, 0.05) is 24.9 Å². The second-order valence-corrected chi connectivity index (χ2v) is 6.17. The number of hydrogen-bond donors (Lipinski definition) is 2. The first-order valence-corrected chi connectivity index (χ1v) is 6.70. The monoisotopic (exact) mass is 258 g/mol. The van der Waals surface area contributed by atoms with Crippen molar-refractivity contribution in [2.75, 3.05) is 12.3 Å². The lowest BCUT2D eigenvalue weighted by molar-refractivity contribution is 0.183. The highest BCUT2D eigenvalue weighted by atomic mass is 32.2. The van der Waals surface area contributed by atoms with Crippen molar-refractivity contribution in [2.45, 2.75) is 44.5 Å². The number of rotatable bonds is 5. The van der Waals surface area contributed by atoms with Crippen LogP contribution in [0, 0.1) is 6.92 Å². The lowest BCUT2D eigenvalue weighted by Gasteiger charge is -2.22. The summed E-state index contributed by atoms with van der Waals surface area (Å²) in [5.74, 6) is 1.50. The van der Waals surface area contributed by atoms with Crippen LogP contribution in [0.4, 0.5) is 0 Å². The number of aliphatic hydroxyl groups is 1. The topological polar surface area (TPSA) is 63.0 Å². The Labute approximate surface area is 107 Å². The summed E-state index contributed by atoms with van der Waals surface area (Å²) in [5, 5.41) is 22.0. The molecule has 0 amide bonds. The number of aromatic nitrogens is 3. The van der Waals surface area contributed by atoms with Crippen LogP contribution >= 0.6 is 11.8 Å². The standard InChI is InChI=1S/C11H22N4OS/c1-8-13-14-10(15(8)5)17-7-9(16)6-12-11(2,3)4/h9,12,16H,6-7H2,1-5H3. The van der Waals surface area contributed by atoms with E-state index >= 15 is 0 Å². The third-order valence-electron chi connectivity index (χ3n) is 2.33. The molecule has 1 atom stereocenters. The molecule has 0 aliphatic heterocycles. The van der Waals surface area contributed by atoms with Gasteiger partial charge in [0.15, 0.2) is 5.16 Å². The predicted molar refractivity (Wildman–Crippen MR) is 70.2 cm³/mol. The van der Waals surface area contributed by atoms with Crippen LogP contribution < -0.4 is 5.32 Å². The normalized spacial score (nSPS) is 14.0. The molecule has 98 valence electrons. The molecule has 1 heterocycles. The Balaban J connectivity index is 2.33. The summed E-state index contributed by atoms with van der Waals surface area (Å²) in [6.07, 6.45) is -0.378. The van der Waals surface area contributed by atoms with Crippen molar-refractivity contribution in [3.63, 3.8) is 0 Å². The van der Waals surface area contributed by atoms with E-state index in [2.05, 4.69) is 36.3 Å². The van der Waals surface area contributed by atoms with Gasteiger partial charge in [0.25, 0.3) is 0 Å². The predicted octanol–water partition coefficient (Wildman–Crippen LogP) is 0.965. The highest BCUT2D eigenvalue weighted by Gasteiger charge is 2.13. The number of β-amino-alcohol motifs (C(OH)–C–C–N with tert-alkyl or cyclic N) is 1. The van der Waals surface area contributed by atoms with E-state index in [0.29, 0.717) is 12.3 Å². The zero-order valence-corrected chi connectivity index (χ0v) is 12.0. The second kappa shape index (κ2) is 5.84. The van der Waals surface area contributed by atoms with Gasteiger partial charge in [-0.3, -0.25) is 0 Å². The van der Waals surface area contributed by atoms with Gasteiger partial charge in [-0.25, -0.2) is 0 Å². The number of thioether (sulfide) groups is 1. The molecule has 1 aromatic rings. The zero-order chi connectivity index (χ0) is 13.1. The average molecular weight is 258 g/mol. The van der Waals surface area contributed by atoms with E-state index in [4.69, 9.17) is 0 Å². The molecule has 0 aliphatic rings. The third-order valence-corrected chi connectivity index (χ3v) is 3.49. The molecule has 1 rings (SSSR count). The molecule has 0 fully saturated rings. The van der Waals surface area contributed by atoms with E-state index in [1.807, 2.05) is 18.5 Å². The SMILES string of the molecule is Cc1nnc(SCC(O)CNC(C)(C)C)n1C. The van der Waals surface area contributed by atoms with Crippen molar-refractivity contribution in [1.82, 2.24) is 20.1 Å².